The molecular formula is C25H29N3O4. The SMILES string of the molecule is Cc1cccc(N2CCN(CCCNC(=O)COc3ccc4ccc(=O)oc4c3)CC2)c1. The lowest BCUT2D eigenvalue weighted by atomic mass is 10.2. The number of nitrogens with zero attached hydrogens (tertiary/aromatic N) is 2. The van der Waals surface area contributed by atoms with Crippen molar-refractivity contribution in [1.29, 1.82) is 0 Å². The summed E-state index contributed by atoms with van der Waals surface area (Å²) in [5.41, 5.74) is 2.62. The van der Waals surface area contributed by atoms with Crippen LogP contribution in [0.5, 0.6) is 5.75 Å². The maximum Gasteiger partial charge on any atom is 0.336 e. The fourth-order valence-corrected chi connectivity index (χ4v) is 3.92. The van der Waals surface area contributed by atoms with Gasteiger partial charge in [0.25, 0.3) is 5.91 Å². The topological polar surface area (TPSA) is 75.0 Å². The first-order valence-corrected chi connectivity index (χ1v) is 11.0. The average molecular weight is 436 g/mol. The van der Waals surface area contributed by atoms with Crippen LogP contribution in [-0.4, -0.2) is 56.7 Å². The molecule has 1 aliphatic rings. The highest BCUT2D eigenvalue weighted by atomic mass is 16.5. The minimum Gasteiger partial charge on any atom is -0.484 e. The molecule has 0 spiro atoms. The van der Waals surface area contributed by atoms with Gasteiger partial charge < -0.3 is 19.4 Å². The lowest BCUT2D eigenvalue weighted by molar-refractivity contribution is -0.123. The van der Waals surface area contributed by atoms with Crippen molar-refractivity contribution < 1.29 is 13.9 Å². The molecule has 32 heavy (non-hydrogen) atoms. The summed E-state index contributed by atoms with van der Waals surface area (Å²) in [7, 11) is 0. The van der Waals surface area contributed by atoms with E-state index in [0.29, 0.717) is 17.9 Å². The van der Waals surface area contributed by atoms with Crippen LogP contribution in [0.25, 0.3) is 11.0 Å². The smallest absolute Gasteiger partial charge is 0.336 e. The number of fused-ring (bicyclic) bond motifs is 1. The van der Waals surface area contributed by atoms with Crippen LogP contribution in [-0.2, 0) is 4.79 Å². The third kappa shape index (κ3) is 5.88. The van der Waals surface area contributed by atoms with Gasteiger partial charge in [-0.3, -0.25) is 9.69 Å². The predicted octanol–water partition coefficient (Wildman–Crippen LogP) is 2.81. The summed E-state index contributed by atoms with van der Waals surface area (Å²) in [4.78, 5) is 28.3. The zero-order valence-corrected chi connectivity index (χ0v) is 18.4. The normalized spacial score (nSPS) is 14.5. The highest BCUT2D eigenvalue weighted by Crippen LogP contribution is 2.19. The van der Waals surface area contributed by atoms with E-state index in [1.807, 2.05) is 0 Å². The van der Waals surface area contributed by atoms with Crippen LogP contribution in [0, 0.1) is 6.92 Å². The number of rotatable bonds is 8. The van der Waals surface area contributed by atoms with Gasteiger partial charge in [-0.15, -0.1) is 0 Å². The molecule has 0 bridgehead atoms. The van der Waals surface area contributed by atoms with Gasteiger partial charge in [-0.25, -0.2) is 4.79 Å². The van der Waals surface area contributed by atoms with E-state index in [1.54, 1.807) is 24.3 Å². The molecule has 0 unspecified atom stereocenters. The van der Waals surface area contributed by atoms with Crippen LogP contribution in [0.1, 0.15) is 12.0 Å². The Hall–Kier alpha value is -3.32. The van der Waals surface area contributed by atoms with Crippen molar-refractivity contribution >= 4 is 22.6 Å². The largest absolute Gasteiger partial charge is 0.484 e. The summed E-state index contributed by atoms with van der Waals surface area (Å²) in [6.45, 7) is 7.74. The number of anilines is 1. The summed E-state index contributed by atoms with van der Waals surface area (Å²) < 4.78 is 10.7. The third-order valence-electron chi connectivity index (χ3n) is 5.68. The Morgan fingerprint density at radius 2 is 1.88 bits per heavy atom. The Balaban J connectivity index is 1.13. The maximum absolute atomic E-state index is 12.1. The number of aryl methyl sites for hydroxylation is 1. The first kappa shape index (κ1) is 21.9. The molecule has 1 amide bonds. The number of carbonyl (C=O) groups excluding carboxylic acids is 1. The Morgan fingerprint density at radius 1 is 1.06 bits per heavy atom. The van der Waals surface area contributed by atoms with Crippen molar-refractivity contribution in [3.63, 3.8) is 0 Å². The van der Waals surface area contributed by atoms with Gasteiger partial charge in [-0.05, 0) is 55.8 Å². The second-order valence-corrected chi connectivity index (χ2v) is 8.11. The number of ether oxygens (including phenoxy) is 1. The van der Waals surface area contributed by atoms with Gasteiger partial charge in [-0.2, -0.15) is 0 Å². The summed E-state index contributed by atoms with van der Waals surface area (Å²) in [5.74, 6) is 0.331. The maximum atomic E-state index is 12.1. The van der Waals surface area contributed by atoms with Gasteiger partial charge in [0.05, 0.1) is 0 Å². The van der Waals surface area contributed by atoms with Crippen LogP contribution >= 0.6 is 0 Å². The van der Waals surface area contributed by atoms with Crippen LogP contribution in [0.3, 0.4) is 0 Å². The fraction of sp³-hybridized carbons (Fsp3) is 0.360. The molecule has 1 N–H and O–H groups in total. The highest BCUT2D eigenvalue weighted by Gasteiger charge is 2.16. The van der Waals surface area contributed by atoms with Gasteiger partial charge in [0.1, 0.15) is 11.3 Å². The molecule has 1 aliphatic heterocycles. The van der Waals surface area contributed by atoms with Crippen molar-refractivity contribution in [2.75, 3.05) is 50.8 Å². The molecule has 4 rings (SSSR count). The number of benzene rings is 2. The van der Waals surface area contributed by atoms with Crippen molar-refractivity contribution in [2.24, 2.45) is 0 Å². The third-order valence-corrected chi connectivity index (χ3v) is 5.68. The minimum absolute atomic E-state index is 0.0717. The van der Waals surface area contributed by atoms with Gasteiger partial charge in [0.2, 0.25) is 0 Å². The number of nitrogens with one attached hydrogen (secondary N) is 1. The zero-order valence-electron chi connectivity index (χ0n) is 18.4. The monoisotopic (exact) mass is 435 g/mol. The fourth-order valence-electron chi connectivity index (χ4n) is 3.92. The van der Waals surface area contributed by atoms with Crippen LogP contribution in [0.15, 0.2) is 63.8 Å². The van der Waals surface area contributed by atoms with Crippen molar-refractivity contribution in [2.45, 2.75) is 13.3 Å². The molecule has 7 nitrogen and oxygen atoms in total. The predicted molar refractivity (Wildman–Crippen MR) is 125 cm³/mol. The van der Waals surface area contributed by atoms with E-state index in [1.165, 1.54) is 17.3 Å². The van der Waals surface area contributed by atoms with Crippen LogP contribution < -0.4 is 20.6 Å². The van der Waals surface area contributed by atoms with Gasteiger partial charge >= 0.3 is 5.63 Å². The number of piperazine rings is 1. The van der Waals surface area contributed by atoms with E-state index in [0.717, 1.165) is 44.5 Å². The number of hydrogen-bond acceptors (Lipinski definition) is 6. The summed E-state index contributed by atoms with van der Waals surface area (Å²) in [5, 5.41) is 3.71. The molecule has 1 saturated heterocycles. The Labute approximate surface area is 187 Å². The molecular weight excluding hydrogens is 406 g/mol. The first-order valence-electron chi connectivity index (χ1n) is 11.0. The first-order chi connectivity index (χ1) is 15.6. The Bertz CT molecular complexity index is 1120. The van der Waals surface area contributed by atoms with Gasteiger partial charge in [-0.1, -0.05) is 12.1 Å². The Kier molecular flexibility index (Phi) is 7.07. The molecule has 1 aromatic heterocycles. The van der Waals surface area contributed by atoms with Gasteiger partial charge in [0.15, 0.2) is 6.61 Å². The molecule has 0 radical (unpaired) electrons. The summed E-state index contributed by atoms with van der Waals surface area (Å²) in [6, 6.07) is 16.9. The quantitative estimate of drug-likeness (QED) is 0.433. The van der Waals surface area contributed by atoms with E-state index in [4.69, 9.17) is 9.15 Å². The van der Waals surface area contributed by atoms with E-state index < -0.39 is 5.63 Å². The standard InChI is InChI=1S/C25H29N3O4/c1-19-4-2-5-21(16-19)28-14-12-27(13-15-28)11-3-10-26-24(29)18-31-22-8-6-20-7-9-25(30)32-23(20)17-22/h2,4-9,16-17H,3,10-15,18H2,1H3,(H,26,29). The molecule has 2 heterocycles. The van der Waals surface area contributed by atoms with E-state index in [-0.39, 0.29) is 12.5 Å². The van der Waals surface area contributed by atoms with E-state index >= 15 is 0 Å². The van der Waals surface area contributed by atoms with E-state index in [9.17, 15) is 9.59 Å². The second-order valence-electron chi connectivity index (χ2n) is 8.11. The van der Waals surface area contributed by atoms with Crippen molar-refractivity contribution in [1.82, 2.24) is 10.2 Å². The van der Waals surface area contributed by atoms with Crippen molar-refractivity contribution in [3.8, 4) is 5.75 Å². The Morgan fingerprint density at radius 3 is 2.69 bits per heavy atom. The number of amides is 1. The lowest BCUT2D eigenvalue weighted by Crippen LogP contribution is -2.47. The number of hydrogen-bond donors (Lipinski definition) is 1. The highest BCUT2D eigenvalue weighted by molar-refractivity contribution is 5.79. The molecule has 3 aromatic rings. The second kappa shape index (κ2) is 10.3. The van der Waals surface area contributed by atoms with Gasteiger partial charge in [0, 0.05) is 55.9 Å². The molecule has 0 atom stereocenters. The molecule has 0 aliphatic carbocycles. The van der Waals surface area contributed by atoms with Crippen LogP contribution in [0.2, 0.25) is 0 Å². The molecule has 7 heteroatoms. The van der Waals surface area contributed by atoms with Crippen LogP contribution in [0.4, 0.5) is 5.69 Å². The molecule has 0 saturated carbocycles. The molecule has 1 fully saturated rings. The van der Waals surface area contributed by atoms with E-state index in [2.05, 4.69) is 46.3 Å². The van der Waals surface area contributed by atoms with Crippen molar-refractivity contribution in [3.05, 3.63) is 70.6 Å². The molecule has 168 valence electrons. The summed E-state index contributed by atoms with van der Waals surface area (Å²) >= 11 is 0. The summed E-state index contributed by atoms with van der Waals surface area (Å²) in [6.07, 6.45) is 0.900. The lowest BCUT2D eigenvalue weighted by Gasteiger charge is -2.36. The number of carbonyl (C=O) groups is 1. The minimum atomic E-state index is -0.413. The average Bonchev–Trinajstić information content (AvgIpc) is 2.80. The zero-order chi connectivity index (χ0) is 22.3. The molecule has 2 aromatic carbocycles.